The summed E-state index contributed by atoms with van der Waals surface area (Å²) in [6.45, 7) is 0.981. The highest BCUT2D eigenvalue weighted by Gasteiger charge is 2.32. The number of benzene rings is 1. The summed E-state index contributed by atoms with van der Waals surface area (Å²) in [5, 5.41) is 5.47. The van der Waals surface area contributed by atoms with Crippen molar-refractivity contribution < 1.29 is 19.1 Å². The summed E-state index contributed by atoms with van der Waals surface area (Å²) in [5.74, 6) is -0.986. The molecule has 2 N–H and O–H groups in total. The SMILES string of the molecule is COC(=O)C[C@H]1C(=O)NCCN1CC(=O)Nc1ccc(Br)cc1. The second-order valence-corrected chi connectivity index (χ2v) is 6.03. The van der Waals surface area contributed by atoms with Crippen molar-refractivity contribution in [1.29, 1.82) is 0 Å². The molecule has 1 fully saturated rings. The second kappa shape index (κ2) is 8.07. The molecule has 0 unspecified atom stereocenters. The molecule has 0 radical (unpaired) electrons. The number of nitrogens with one attached hydrogen (secondary N) is 2. The number of amides is 2. The van der Waals surface area contributed by atoms with Gasteiger partial charge in [-0.05, 0) is 24.3 Å². The van der Waals surface area contributed by atoms with Gasteiger partial charge in [0.25, 0.3) is 0 Å². The number of methoxy groups -OCH3 is 1. The average Bonchev–Trinajstić information content (AvgIpc) is 2.52. The van der Waals surface area contributed by atoms with E-state index in [0.717, 1.165) is 4.47 Å². The van der Waals surface area contributed by atoms with E-state index in [4.69, 9.17) is 0 Å². The van der Waals surface area contributed by atoms with E-state index in [2.05, 4.69) is 31.3 Å². The van der Waals surface area contributed by atoms with Gasteiger partial charge >= 0.3 is 5.97 Å². The van der Waals surface area contributed by atoms with Crippen LogP contribution in [0.2, 0.25) is 0 Å². The minimum Gasteiger partial charge on any atom is -0.469 e. The third-order valence-electron chi connectivity index (χ3n) is 3.50. The molecule has 0 saturated carbocycles. The minimum atomic E-state index is -0.688. The van der Waals surface area contributed by atoms with Crippen LogP contribution in [-0.4, -0.2) is 55.5 Å². The normalized spacial score (nSPS) is 18.2. The van der Waals surface area contributed by atoms with Crippen LogP contribution in [0, 0.1) is 0 Å². The maximum absolute atomic E-state index is 12.2. The van der Waals surface area contributed by atoms with Gasteiger partial charge in [-0.25, -0.2) is 0 Å². The van der Waals surface area contributed by atoms with E-state index in [1.807, 2.05) is 12.1 Å². The van der Waals surface area contributed by atoms with Gasteiger partial charge in [0, 0.05) is 23.2 Å². The molecule has 1 aromatic rings. The van der Waals surface area contributed by atoms with Gasteiger partial charge in [0.2, 0.25) is 11.8 Å². The Morgan fingerprint density at radius 1 is 1.39 bits per heavy atom. The number of halogens is 1. The molecular weight excluding hydrogens is 366 g/mol. The molecule has 0 aromatic heterocycles. The molecule has 1 atom stereocenters. The van der Waals surface area contributed by atoms with Gasteiger partial charge in [0.05, 0.1) is 20.1 Å². The molecule has 1 aliphatic rings. The predicted molar refractivity (Wildman–Crippen MR) is 87.8 cm³/mol. The molecule has 8 heteroatoms. The van der Waals surface area contributed by atoms with E-state index in [1.54, 1.807) is 17.0 Å². The Kier molecular flexibility index (Phi) is 6.12. The first-order valence-corrected chi connectivity index (χ1v) is 7.93. The van der Waals surface area contributed by atoms with Gasteiger partial charge in [0.15, 0.2) is 0 Å². The number of hydrogen-bond donors (Lipinski definition) is 2. The lowest BCUT2D eigenvalue weighted by Gasteiger charge is -2.33. The Balaban J connectivity index is 1.97. The minimum absolute atomic E-state index is 0.0329. The van der Waals surface area contributed by atoms with E-state index in [1.165, 1.54) is 7.11 Å². The molecule has 1 heterocycles. The summed E-state index contributed by atoms with van der Waals surface area (Å²) in [4.78, 5) is 37.2. The Morgan fingerprint density at radius 2 is 2.09 bits per heavy atom. The van der Waals surface area contributed by atoms with Crippen LogP contribution in [-0.2, 0) is 19.1 Å². The molecule has 0 aliphatic carbocycles. The number of nitrogens with zero attached hydrogens (tertiary/aromatic N) is 1. The summed E-state index contributed by atoms with van der Waals surface area (Å²) in [7, 11) is 1.27. The topological polar surface area (TPSA) is 87.7 Å². The van der Waals surface area contributed by atoms with Crippen molar-refractivity contribution in [2.45, 2.75) is 12.5 Å². The number of carbonyl (C=O) groups excluding carboxylic acids is 3. The number of carbonyl (C=O) groups is 3. The zero-order valence-corrected chi connectivity index (χ0v) is 14.3. The highest BCUT2D eigenvalue weighted by Crippen LogP contribution is 2.15. The number of anilines is 1. The summed E-state index contributed by atoms with van der Waals surface area (Å²) in [5.41, 5.74) is 0.671. The van der Waals surface area contributed by atoms with Gasteiger partial charge < -0.3 is 15.4 Å². The Labute approximate surface area is 142 Å². The van der Waals surface area contributed by atoms with Crippen LogP contribution >= 0.6 is 15.9 Å². The first kappa shape index (κ1) is 17.4. The zero-order chi connectivity index (χ0) is 16.8. The molecule has 1 aliphatic heterocycles. The molecular formula is C15H18BrN3O4. The van der Waals surface area contributed by atoms with Gasteiger partial charge in [-0.3, -0.25) is 19.3 Å². The summed E-state index contributed by atoms with van der Waals surface area (Å²) >= 11 is 3.33. The molecule has 1 saturated heterocycles. The predicted octanol–water partition coefficient (Wildman–Crippen LogP) is 0.751. The molecule has 0 spiro atoms. The van der Waals surface area contributed by atoms with Crippen molar-refractivity contribution in [3.05, 3.63) is 28.7 Å². The third-order valence-corrected chi connectivity index (χ3v) is 4.03. The lowest BCUT2D eigenvalue weighted by Crippen LogP contribution is -2.57. The van der Waals surface area contributed by atoms with Crippen molar-refractivity contribution in [3.8, 4) is 0 Å². The van der Waals surface area contributed by atoms with Gasteiger partial charge in [0.1, 0.15) is 6.04 Å². The van der Waals surface area contributed by atoms with E-state index >= 15 is 0 Å². The monoisotopic (exact) mass is 383 g/mol. The van der Waals surface area contributed by atoms with Crippen LogP contribution in [0.3, 0.4) is 0 Å². The Morgan fingerprint density at radius 3 is 2.74 bits per heavy atom. The number of piperazine rings is 1. The van der Waals surface area contributed by atoms with Crippen LogP contribution in [0.4, 0.5) is 5.69 Å². The molecule has 2 rings (SSSR count). The number of rotatable bonds is 5. The van der Waals surface area contributed by atoms with Gasteiger partial charge in [-0.2, -0.15) is 0 Å². The summed E-state index contributed by atoms with van der Waals surface area (Å²) in [6, 6.07) is 6.51. The Hall–Kier alpha value is -1.93. The molecule has 23 heavy (non-hydrogen) atoms. The standard InChI is InChI=1S/C15H18BrN3O4/c1-23-14(21)8-12-15(22)17-6-7-19(12)9-13(20)18-11-4-2-10(16)3-5-11/h2-5,12H,6-9H2,1H3,(H,17,22)(H,18,20)/t12-/m0/s1. The first-order chi connectivity index (χ1) is 11.0. The quantitative estimate of drug-likeness (QED) is 0.732. The number of esters is 1. The van der Waals surface area contributed by atoms with Crippen molar-refractivity contribution in [1.82, 2.24) is 10.2 Å². The van der Waals surface area contributed by atoms with Crippen molar-refractivity contribution in [3.63, 3.8) is 0 Å². The number of ether oxygens (including phenoxy) is 1. The molecule has 0 bridgehead atoms. The Bertz CT molecular complexity index is 591. The fourth-order valence-electron chi connectivity index (χ4n) is 2.33. The van der Waals surface area contributed by atoms with Crippen LogP contribution in [0.15, 0.2) is 28.7 Å². The summed E-state index contributed by atoms with van der Waals surface area (Å²) < 4.78 is 5.53. The second-order valence-electron chi connectivity index (χ2n) is 5.11. The lowest BCUT2D eigenvalue weighted by atomic mass is 10.1. The maximum atomic E-state index is 12.2. The summed E-state index contributed by atoms with van der Waals surface area (Å²) in [6.07, 6.45) is -0.0755. The lowest BCUT2D eigenvalue weighted by molar-refractivity contribution is -0.146. The van der Waals surface area contributed by atoms with Gasteiger partial charge in [-0.15, -0.1) is 0 Å². The largest absolute Gasteiger partial charge is 0.469 e. The zero-order valence-electron chi connectivity index (χ0n) is 12.7. The van der Waals surface area contributed by atoms with Crippen LogP contribution < -0.4 is 10.6 Å². The van der Waals surface area contributed by atoms with Crippen LogP contribution in [0.5, 0.6) is 0 Å². The van der Waals surface area contributed by atoms with E-state index in [9.17, 15) is 14.4 Å². The first-order valence-electron chi connectivity index (χ1n) is 7.13. The van der Waals surface area contributed by atoms with Crippen LogP contribution in [0.1, 0.15) is 6.42 Å². The molecule has 124 valence electrons. The molecule has 7 nitrogen and oxygen atoms in total. The molecule has 1 aromatic carbocycles. The average molecular weight is 384 g/mol. The van der Waals surface area contributed by atoms with Crippen molar-refractivity contribution in [2.24, 2.45) is 0 Å². The fourth-order valence-corrected chi connectivity index (χ4v) is 2.60. The maximum Gasteiger partial charge on any atom is 0.307 e. The van der Waals surface area contributed by atoms with Crippen LogP contribution in [0.25, 0.3) is 0 Å². The van der Waals surface area contributed by atoms with E-state index in [0.29, 0.717) is 18.8 Å². The van der Waals surface area contributed by atoms with E-state index in [-0.39, 0.29) is 24.8 Å². The molecule has 2 amide bonds. The smallest absolute Gasteiger partial charge is 0.307 e. The highest BCUT2D eigenvalue weighted by molar-refractivity contribution is 9.10. The fraction of sp³-hybridized carbons (Fsp3) is 0.400. The van der Waals surface area contributed by atoms with E-state index < -0.39 is 12.0 Å². The number of hydrogen-bond acceptors (Lipinski definition) is 5. The third kappa shape index (κ3) is 5.04. The van der Waals surface area contributed by atoms with Crippen molar-refractivity contribution in [2.75, 3.05) is 32.1 Å². The van der Waals surface area contributed by atoms with Crippen molar-refractivity contribution >= 4 is 39.4 Å². The highest BCUT2D eigenvalue weighted by atomic mass is 79.9. The van der Waals surface area contributed by atoms with Gasteiger partial charge in [-0.1, -0.05) is 15.9 Å².